The van der Waals surface area contributed by atoms with E-state index in [0.717, 1.165) is 22.1 Å². The third-order valence-corrected chi connectivity index (χ3v) is 6.26. The molecule has 27 heavy (non-hydrogen) atoms. The molecule has 10 heteroatoms. The fraction of sp³-hybridized carbons (Fsp3) is 0.412. The minimum Gasteiger partial charge on any atom is -0.346 e. The van der Waals surface area contributed by atoms with E-state index in [4.69, 9.17) is 0 Å². The lowest BCUT2D eigenvalue weighted by Crippen LogP contribution is -2.41. The number of halogens is 2. The maximum absolute atomic E-state index is 12.9. The van der Waals surface area contributed by atoms with Gasteiger partial charge in [0.15, 0.2) is 0 Å². The molecule has 0 bridgehead atoms. The zero-order chi connectivity index (χ0) is 19.2. The standard InChI is InChI=1S/C17H19F2N5O2S/c1-11(23-27(25,26)9-12-6-17(18,19)7-12)3-5-24-10-22-14-8-21-16-13(15(14)24)2-4-20-16/h2,4,8,10,12,23H,1,3,5-7,9H2,(H,20,21). The highest BCUT2D eigenvalue weighted by Gasteiger charge is 2.46. The van der Waals surface area contributed by atoms with E-state index in [9.17, 15) is 17.2 Å². The number of allylic oxidation sites excluding steroid dienone is 1. The molecule has 3 aromatic rings. The molecular weight excluding hydrogens is 376 g/mol. The van der Waals surface area contributed by atoms with Gasteiger partial charge in [-0.3, -0.25) is 4.72 Å². The number of aromatic nitrogens is 4. The summed E-state index contributed by atoms with van der Waals surface area (Å²) in [5.74, 6) is -3.53. The normalized spacial score (nSPS) is 17.3. The van der Waals surface area contributed by atoms with E-state index in [2.05, 4.69) is 26.3 Å². The van der Waals surface area contributed by atoms with E-state index >= 15 is 0 Å². The van der Waals surface area contributed by atoms with Gasteiger partial charge in [-0.05, 0) is 12.0 Å². The van der Waals surface area contributed by atoms with E-state index in [1.165, 1.54) is 0 Å². The number of aromatic amines is 1. The van der Waals surface area contributed by atoms with Gasteiger partial charge in [0.2, 0.25) is 15.9 Å². The van der Waals surface area contributed by atoms with Gasteiger partial charge in [0.1, 0.15) is 11.2 Å². The number of rotatable bonds is 7. The number of sulfonamides is 1. The fourth-order valence-electron chi connectivity index (χ4n) is 3.52. The van der Waals surface area contributed by atoms with E-state index in [1.54, 1.807) is 18.7 Å². The number of fused-ring (bicyclic) bond motifs is 3. The minimum absolute atomic E-state index is 0.300. The van der Waals surface area contributed by atoms with Crippen LogP contribution in [0.25, 0.3) is 22.1 Å². The summed E-state index contributed by atoms with van der Waals surface area (Å²) in [4.78, 5) is 11.6. The average Bonchev–Trinajstić information content (AvgIpc) is 3.16. The van der Waals surface area contributed by atoms with E-state index in [0.29, 0.717) is 18.7 Å². The van der Waals surface area contributed by atoms with Crippen molar-refractivity contribution in [1.29, 1.82) is 0 Å². The van der Waals surface area contributed by atoms with Gasteiger partial charge in [-0.15, -0.1) is 0 Å². The third kappa shape index (κ3) is 3.66. The van der Waals surface area contributed by atoms with E-state index in [-0.39, 0.29) is 18.6 Å². The van der Waals surface area contributed by atoms with Crippen molar-refractivity contribution in [1.82, 2.24) is 24.2 Å². The van der Waals surface area contributed by atoms with Gasteiger partial charge in [-0.2, -0.15) is 0 Å². The molecule has 3 aromatic heterocycles. The highest BCUT2D eigenvalue weighted by Crippen LogP contribution is 2.42. The molecule has 1 aliphatic carbocycles. The Morgan fingerprint density at radius 3 is 2.93 bits per heavy atom. The monoisotopic (exact) mass is 395 g/mol. The quantitative estimate of drug-likeness (QED) is 0.643. The first-order valence-corrected chi connectivity index (χ1v) is 10.2. The van der Waals surface area contributed by atoms with Crippen molar-refractivity contribution in [3.05, 3.63) is 37.1 Å². The molecule has 2 N–H and O–H groups in total. The van der Waals surface area contributed by atoms with Crippen LogP contribution in [-0.2, 0) is 16.6 Å². The Balaban J connectivity index is 1.39. The van der Waals surface area contributed by atoms with Gasteiger partial charge in [-0.25, -0.2) is 27.2 Å². The first-order chi connectivity index (χ1) is 12.7. The Hall–Kier alpha value is -2.49. The lowest BCUT2D eigenvalue weighted by molar-refractivity contribution is -0.103. The number of pyridine rings is 1. The van der Waals surface area contributed by atoms with Crippen molar-refractivity contribution < 1.29 is 17.2 Å². The van der Waals surface area contributed by atoms with Crippen LogP contribution in [-0.4, -0.2) is 39.6 Å². The average molecular weight is 395 g/mol. The molecule has 1 aliphatic rings. The summed E-state index contributed by atoms with van der Waals surface area (Å²) in [6.45, 7) is 4.24. The molecule has 0 aromatic carbocycles. The lowest BCUT2D eigenvalue weighted by Gasteiger charge is -2.34. The van der Waals surface area contributed by atoms with Crippen molar-refractivity contribution >= 4 is 32.1 Å². The van der Waals surface area contributed by atoms with Crippen LogP contribution in [0, 0.1) is 5.92 Å². The van der Waals surface area contributed by atoms with Crippen LogP contribution in [0.1, 0.15) is 19.3 Å². The van der Waals surface area contributed by atoms with Crippen LogP contribution in [0.2, 0.25) is 0 Å². The molecule has 0 atom stereocenters. The van der Waals surface area contributed by atoms with Gasteiger partial charge in [0.25, 0.3) is 0 Å². The van der Waals surface area contributed by atoms with Gasteiger partial charge in [0, 0.05) is 43.1 Å². The highest BCUT2D eigenvalue weighted by atomic mass is 32.2. The molecule has 1 fully saturated rings. The second-order valence-electron chi connectivity index (χ2n) is 7.04. The summed E-state index contributed by atoms with van der Waals surface area (Å²) in [6, 6.07) is 1.91. The summed E-state index contributed by atoms with van der Waals surface area (Å²) in [7, 11) is -3.67. The van der Waals surface area contributed by atoms with Gasteiger partial charge >= 0.3 is 0 Å². The molecule has 0 aliphatic heterocycles. The molecule has 0 radical (unpaired) electrons. The predicted molar refractivity (Wildman–Crippen MR) is 97.7 cm³/mol. The molecule has 0 saturated heterocycles. The Labute approximate surface area is 154 Å². The summed E-state index contributed by atoms with van der Waals surface area (Å²) < 4.78 is 54.3. The molecule has 3 heterocycles. The van der Waals surface area contributed by atoms with Crippen molar-refractivity contribution in [3.63, 3.8) is 0 Å². The second-order valence-corrected chi connectivity index (χ2v) is 8.80. The fourth-order valence-corrected chi connectivity index (χ4v) is 5.00. The Bertz CT molecular complexity index is 1110. The SMILES string of the molecule is C=C(CCn1cnc2cnc3[nH]ccc3c21)NS(=O)(=O)CC1CC(F)(F)C1. The Kier molecular flexibility index (Phi) is 4.17. The van der Waals surface area contributed by atoms with Crippen LogP contribution >= 0.6 is 0 Å². The van der Waals surface area contributed by atoms with Crippen molar-refractivity contribution in [2.24, 2.45) is 5.92 Å². The largest absolute Gasteiger partial charge is 0.346 e. The summed E-state index contributed by atoms with van der Waals surface area (Å²) in [5.41, 5.74) is 2.73. The van der Waals surface area contributed by atoms with Crippen molar-refractivity contribution in [2.75, 3.05) is 5.75 Å². The summed E-state index contributed by atoms with van der Waals surface area (Å²) in [5, 5.41) is 0.933. The molecule has 7 nitrogen and oxygen atoms in total. The van der Waals surface area contributed by atoms with Crippen molar-refractivity contribution in [2.45, 2.75) is 31.7 Å². The number of hydrogen-bond acceptors (Lipinski definition) is 4. The van der Waals surface area contributed by atoms with E-state index < -0.39 is 21.9 Å². The van der Waals surface area contributed by atoms with E-state index in [1.807, 2.05) is 10.6 Å². The van der Waals surface area contributed by atoms with Crippen LogP contribution in [0.4, 0.5) is 8.78 Å². The van der Waals surface area contributed by atoms with Crippen LogP contribution in [0.15, 0.2) is 37.1 Å². The first kappa shape index (κ1) is 17.9. The topological polar surface area (TPSA) is 92.7 Å². The number of alkyl halides is 2. The molecule has 0 amide bonds. The van der Waals surface area contributed by atoms with Crippen LogP contribution < -0.4 is 4.72 Å². The van der Waals surface area contributed by atoms with Gasteiger partial charge in [0.05, 0.1) is 23.8 Å². The van der Waals surface area contributed by atoms with Crippen LogP contribution in [0.3, 0.4) is 0 Å². The molecule has 0 unspecified atom stereocenters. The Morgan fingerprint density at radius 2 is 2.19 bits per heavy atom. The minimum atomic E-state index is -3.67. The zero-order valence-electron chi connectivity index (χ0n) is 14.5. The first-order valence-electron chi connectivity index (χ1n) is 8.55. The number of nitrogens with zero attached hydrogens (tertiary/aromatic N) is 3. The molecule has 144 valence electrons. The smallest absolute Gasteiger partial charge is 0.248 e. The lowest BCUT2D eigenvalue weighted by atomic mass is 9.83. The molecule has 0 spiro atoms. The number of nitrogens with one attached hydrogen (secondary N) is 2. The van der Waals surface area contributed by atoms with Crippen LogP contribution in [0.5, 0.6) is 0 Å². The number of imidazole rings is 1. The van der Waals surface area contributed by atoms with Gasteiger partial charge in [-0.1, -0.05) is 6.58 Å². The molecule has 4 rings (SSSR count). The predicted octanol–water partition coefficient (Wildman–Crippen LogP) is 2.78. The summed E-state index contributed by atoms with van der Waals surface area (Å²) >= 11 is 0. The maximum atomic E-state index is 12.9. The molecular formula is C17H19F2N5O2S. The van der Waals surface area contributed by atoms with Gasteiger partial charge < -0.3 is 9.55 Å². The summed E-state index contributed by atoms with van der Waals surface area (Å²) in [6.07, 6.45) is 4.77. The third-order valence-electron chi connectivity index (χ3n) is 4.75. The number of aryl methyl sites for hydroxylation is 1. The molecule has 1 saturated carbocycles. The Morgan fingerprint density at radius 1 is 1.41 bits per heavy atom. The highest BCUT2D eigenvalue weighted by molar-refractivity contribution is 7.89. The second kappa shape index (κ2) is 6.29. The zero-order valence-corrected chi connectivity index (χ0v) is 15.3. The number of hydrogen-bond donors (Lipinski definition) is 2. The van der Waals surface area contributed by atoms with Crippen molar-refractivity contribution in [3.8, 4) is 0 Å². The maximum Gasteiger partial charge on any atom is 0.248 e. The number of H-pyrrole nitrogens is 1.